The maximum atomic E-state index is 3.42. The lowest BCUT2D eigenvalue weighted by molar-refractivity contribution is 0.607. The average Bonchev–Trinajstić information content (AvgIpc) is 2.75. The zero-order valence-corrected chi connectivity index (χ0v) is 17.6. The molecule has 2 aromatic carbocycles. The van der Waals surface area contributed by atoms with Crippen molar-refractivity contribution in [2.75, 3.05) is 0 Å². The Balaban J connectivity index is 1.54. The van der Waals surface area contributed by atoms with Crippen LogP contribution in [0.3, 0.4) is 0 Å². The van der Waals surface area contributed by atoms with Crippen LogP contribution in [0.2, 0.25) is 0 Å². The van der Waals surface area contributed by atoms with E-state index in [9.17, 15) is 0 Å². The van der Waals surface area contributed by atoms with Crippen molar-refractivity contribution in [1.29, 1.82) is 0 Å². The number of benzene rings is 2. The van der Waals surface area contributed by atoms with Crippen LogP contribution in [0.5, 0.6) is 0 Å². The van der Waals surface area contributed by atoms with Gasteiger partial charge in [0.2, 0.25) is 0 Å². The average molecular weight is 371 g/mol. The lowest BCUT2D eigenvalue weighted by Gasteiger charge is -2.20. The number of unbranched alkanes of at least 4 members (excludes halogenated alkanes) is 2. The standard InChI is InChI=1S/C28H34/c1-3-5-6-8-24-9-11-25(12-10-24)13-14-26-17-21-28(22-18-26)27-19-15-23(7-4-2)16-20-27/h9-12,15-17,19-20,28H,3-8,18,21-22H2,1-2H3. The van der Waals surface area contributed by atoms with Crippen molar-refractivity contribution in [2.45, 2.75) is 77.6 Å². The first-order chi connectivity index (χ1) is 13.8. The predicted molar refractivity (Wildman–Crippen MR) is 122 cm³/mol. The van der Waals surface area contributed by atoms with E-state index in [1.165, 1.54) is 67.2 Å². The van der Waals surface area contributed by atoms with Gasteiger partial charge in [0.05, 0.1) is 0 Å². The Kier molecular flexibility index (Phi) is 7.98. The summed E-state index contributed by atoms with van der Waals surface area (Å²) in [5, 5.41) is 0. The number of allylic oxidation sites excluding steroid dienone is 2. The van der Waals surface area contributed by atoms with Gasteiger partial charge in [-0.05, 0) is 78.8 Å². The van der Waals surface area contributed by atoms with Crippen LogP contribution in [0.1, 0.15) is 87.0 Å². The van der Waals surface area contributed by atoms with Gasteiger partial charge in [-0.25, -0.2) is 0 Å². The van der Waals surface area contributed by atoms with Gasteiger partial charge < -0.3 is 0 Å². The van der Waals surface area contributed by atoms with Gasteiger partial charge in [0.25, 0.3) is 0 Å². The highest BCUT2D eigenvalue weighted by Gasteiger charge is 2.15. The van der Waals surface area contributed by atoms with Crippen molar-refractivity contribution >= 4 is 0 Å². The fourth-order valence-corrected chi connectivity index (χ4v) is 3.98. The van der Waals surface area contributed by atoms with Crippen molar-refractivity contribution in [2.24, 2.45) is 0 Å². The Morgan fingerprint density at radius 1 is 0.786 bits per heavy atom. The second kappa shape index (κ2) is 10.9. The van der Waals surface area contributed by atoms with Gasteiger partial charge in [0.1, 0.15) is 0 Å². The molecule has 0 amide bonds. The lowest BCUT2D eigenvalue weighted by atomic mass is 9.84. The van der Waals surface area contributed by atoms with Crippen molar-refractivity contribution < 1.29 is 0 Å². The molecule has 28 heavy (non-hydrogen) atoms. The van der Waals surface area contributed by atoms with E-state index in [-0.39, 0.29) is 0 Å². The van der Waals surface area contributed by atoms with Crippen molar-refractivity contribution in [3.63, 3.8) is 0 Å². The molecule has 0 bridgehead atoms. The van der Waals surface area contributed by atoms with Crippen LogP contribution in [0, 0.1) is 11.8 Å². The molecular formula is C28H34. The maximum Gasteiger partial charge on any atom is 0.0249 e. The molecule has 1 unspecified atom stereocenters. The van der Waals surface area contributed by atoms with Crippen molar-refractivity contribution in [1.82, 2.24) is 0 Å². The van der Waals surface area contributed by atoms with Crippen molar-refractivity contribution in [3.05, 3.63) is 82.4 Å². The monoisotopic (exact) mass is 370 g/mol. The molecule has 146 valence electrons. The molecule has 1 aliphatic carbocycles. The molecule has 0 spiro atoms. The minimum Gasteiger partial charge on any atom is -0.0723 e. The third kappa shape index (κ3) is 6.13. The van der Waals surface area contributed by atoms with Crippen LogP contribution in [0.15, 0.2) is 60.2 Å². The third-order valence-electron chi connectivity index (χ3n) is 5.79. The third-order valence-corrected chi connectivity index (χ3v) is 5.79. The molecule has 0 radical (unpaired) electrons. The zero-order valence-electron chi connectivity index (χ0n) is 17.6. The summed E-state index contributed by atoms with van der Waals surface area (Å²) in [6.45, 7) is 4.49. The van der Waals surface area contributed by atoms with Crippen molar-refractivity contribution in [3.8, 4) is 11.8 Å². The molecule has 0 nitrogen and oxygen atoms in total. The van der Waals surface area contributed by atoms with Crippen LogP contribution in [0.25, 0.3) is 0 Å². The quantitative estimate of drug-likeness (QED) is 0.347. The van der Waals surface area contributed by atoms with E-state index in [0.29, 0.717) is 5.92 Å². The summed E-state index contributed by atoms with van der Waals surface area (Å²) in [7, 11) is 0. The predicted octanol–water partition coefficient (Wildman–Crippen LogP) is 7.62. The van der Waals surface area contributed by atoms with Gasteiger partial charge in [-0.3, -0.25) is 0 Å². The largest absolute Gasteiger partial charge is 0.0723 e. The maximum absolute atomic E-state index is 3.42. The van der Waals surface area contributed by atoms with Gasteiger partial charge in [0.15, 0.2) is 0 Å². The Hall–Kier alpha value is -2.26. The first-order valence-corrected chi connectivity index (χ1v) is 11.2. The van der Waals surface area contributed by atoms with E-state index in [0.717, 1.165) is 18.4 Å². The molecule has 0 aliphatic heterocycles. The van der Waals surface area contributed by atoms with E-state index >= 15 is 0 Å². The van der Waals surface area contributed by atoms with E-state index in [2.05, 4.69) is 80.3 Å². The van der Waals surface area contributed by atoms with Crippen LogP contribution < -0.4 is 0 Å². The van der Waals surface area contributed by atoms with E-state index < -0.39 is 0 Å². The molecular weight excluding hydrogens is 336 g/mol. The molecule has 3 rings (SSSR count). The Labute approximate surface area is 172 Å². The van der Waals surface area contributed by atoms with E-state index in [1.807, 2.05) is 0 Å². The molecule has 1 atom stereocenters. The minimum atomic E-state index is 0.656. The highest BCUT2D eigenvalue weighted by atomic mass is 14.2. The topological polar surface area (TPSA) is 0 Å². The smallest absolute Gasteiger partial charge is 0.0249 e. The van der Waals surface area contributed by atoms with Gasteiger partial charge in [-0.2, -0.15) is 0 Å². The Bertz CT molecular complexity index is 809. The fraction of sp³-hybridized carbons (Fsp3) is 0.429. The summed E-state index contributed by atoms with van der Waals surface area (Å²) < 4.78 is 0. The summed E-state index contributed by atoms with van der Waals surface area (Å²) >= 11 is 0. The number of hydrogen-bond donors (Lipinski definition) is 0. The first-order valence-electron chi connectivity index (χ1n) is 11.2. The second-order valence-corrected chi connectivity index (χ2v) is 8.10. The molecule has 0 saturated carbocycles. The van der Waals surface area contributed by atoms with Crippen LogP contribution in [-0.2, 0) is 12.8 Å². The summed E-state index contributed by atoms with van der Waals surface area (Å²) in [5.74, 6) is 7.44. The minimum absolute atomic E-state index is 0.656. The van der Waals surface area contributed by atoms with Crippen LogP contribution in [-0.4, -0.2) is 0 Å². The van der Waals surface area contributed by atoms with Gasteiger partial charge >= 0.3 is 0 Å². The lowest BCUT2D eigenvalue weighted by Crippen LogP contribution is -2.04. The summed E-state index contributed by atoms with van der Waals surface area (Å²) in [5.41, 5.74) is 6.82. The second-order valence-electron chi connectivity index (χ2n) is 8.10. The SMILES string of the molecule is CCCCCc1ccc(C#CC2=CCC(c3ccc(CCC)cc3)CC2)cc1. The fourth-order valence-electron chi connectivity index (χ4n) is 3.98. The molecule has 2 aromatic rings. The molecule has 0 heteroatoms. The molecule has 1 aliphatic rings. The highest BCUT2D eigenvalue weighted by molar-refractivity contribution is 5.42. The molecule has 0 N–H and O–H groups in total. The van der Waals surface area contributed by atoms with Gasteiger partial charge in [-0.15, -0.1) is 0 Å². The summed E-state index contributed by atoms with van der Waals surface area (Å²) in [6.07, 6.45) is 13.3. The van der Waals surface area contributed by atoms with E-state index in [4.69, 9.17) is 0 Å². The molecule has 0 saturated heterocycles. The highest BCUT2D eigenvalue weighted by Crippen LogP contribution is 2.32. The van der Waals surface area contributed by atoms with Gasteiger partial charge in [0, 0.05) is 5.56 Å². The van der Waals surface area contributed by atoms with E-state index in [1.54, 1.807) is 0 Å². The molecule has 0 fully saturated rings. The van der Waals surface area contributed by atoms with Gasteiger partial charge in [-0.1, -0.05) is 87.4 Å². The number of rotatable bonds is 7. The first kappa shape index (κ1) is 20.5. The Morgan fingerprint density at radius 3 is 2.14 bits per heavy atom. The molecule has 0 heterocycles. The van der Waals surface area contributed by atoms with Crippen LogP contribution in [0.4, 0.5) is 0 Å². The summed E-state index contributed by atoms with van der Waals surface area (Å²) in [4.78, 5) is 0. The summed E-state index contributed by atoms with van der Waals surface area (Å²) in [6, 6.07) is 18.1. The molecule has 0 aromatic heterocycles. The number of hydrogen-bond acceptors (Lipinski definition) is 0. The number of aryl methyl sites for hydroxylation is 2. The Morgan fingerprint density at radius 2 is 1.50 bits per heavy atom. The normalized spacial score (nSPS) is 16.2. The zero-order chi connectivity index (χ0) is 19.6. The van der Waals surface area contributed by atoms with Crippen LogP contribution >= 0.6 is 0 Å².